The van der Waals surface area contributed by atoms with Crippen molar-refractivity contribution in [3.05, 3.63) is 11.8 Å². The Balaban J connectivity index is 2.88. The Morgan fingerprint density at radius 1 is 1.60 bits per heavy atom. The van der Waals surface area contributed by atoms with Gasteiger partial charge in [0.15, 0.2) is 0 Å². The van der Waals surface area contributed by atoms with Gasteiger partial charge < -0.3 is 0 Å². The standard InChI is InChI=1S/C7H12N2S/c1-5-4-7(2,3)10-6(8)9-5/h4H,1-3H3,(H2,8,9)/p+1. The average molecular weight is 157 g/mol. The van der Waals surface area contributed by atoms with Crippen LogP contribution >= 0.6 is 11.8 Å². The maximum atomic E-state index is 5.63. The SMILES string of the molecule is CC1=CC(C)(C)SC(N)=[NH+]1. The Morgan fingerprint density at radius 2 is 2.20 bits per heavy atom. The van der Waals surface area contributed by atoms with Crippen molar-refractivity contribution in [1.29, 1.82) is 0 Å². The van der Waals surface area contributed by atoms with Crippen LogP contribution in [0.1, 0.15) is 20.8 Å². The summed E-state index contributed by atoms with van der Waals surface area (Å²) in [5, 5.41) is 0.796. The minimum Gasteiger partial charge on any atom is -0.281 e. The molecular weight excluding hydrogens is 144 g/mol. The number of hydrogen-bond donors (Lipinski definition) is 2. The molecule has 3 heteroatoms. The predicted molar refractivity (Wildman–Crippen MR) is 45.6 cm³/mol. The van der Waals surface area contributed by atoms with Gasteiger partial charge in [0.2, 0.25) is 0 Å². The second kappa shape index (κ2) is 2.31. The predicted octanol–water partition coefficient (Wildman–Crippen LogP) is -0.189. The lowest BCUT2D eigenvalue weighted by atomic mass is 10.2. The third kappa shape index (κ3) is 1.77. The van der Waals surface area contributed by atoms with E-state index in [1.165, 1.54) is 0 Å². The summed E-state index contributed by atoms with van der Waals surface area (Å²) in [6.07, 6.45) is 2.17. The lowest BCUT2D eigenvalue weighted by Gasteiger charge is -2.19. The van der Waals surface area contributed by atoms with Gasteiger partial charge in [-0.15, -0.1) is 0 Å². The monoisotopic (exact) mass is 157 g/mol. The summed E-state index contributed by atoms with van der Waals surface area (Å²) in [5.74, 6) is 0. The summed E-state index contributed by atoms with van der Waals surface area (Å²) in [6, 6.07) is 0. The molecule has 1 rings (SSSR count). The van der Waals surface area contributed by atoms with Gasteiger partial charge in [0.05, 0.1) is 5.70 Å². The number of allylic oxidation sites excluding steroid dienone is 1. The molecule has 0 amide bonds. The third-order valence-corrected chi connectivity index (χ3v) is 2.22. The topological polar surface area (TPSA) is 40.0 Å². The first-order valence-electron chi connectivity index (χ1n) is 3.27. The molecule has 56 valence electrons. The van der Waals surface area contributed by atoms with Gasteiger partial charge in [-0.1, -0.05) is 0 Å². The molecule has 0 aromatic rings. The Kier molecular flexibility index (Phi) is 1.77. The van der Waals surface area contributed by atoms with Gasteiger partial charge in [-0.2, -0.15) is 0 Å². The first-order valence-corrected chi connectivity index (χ1v) is 4.09. The molecular formula is C7H13N2S+. The summed E-state index contributed by atoms with van der Waals surface area (Å²) < 4.78 is 0.152. The quantitative estimate of drug-likeness (QED) is 0.512. The van der Waals surface area contributed by atoms with Crippen molar-refractivity contribution in [3.63, 3.8) is 0 Å². The molecule has 0 radical (unpaired) electrons. The van der Waals surface area contributed by atoms with Crippen molar-refractivity contribution in [2.75, 3.05) is 0 Å². The lowest BCUT2D eigenvalue weighted by molar-refractivity contribution is -0.395. The second-order valence-electron chi connectivity index (χ2n) is 3.02. The smallest absolute Gasteiger partial charge is 0.281 e. The molecule has 0 aliphatic carbocycles. The maximum absolute atomic E-state index is 5.63. The molecule has 0 aromatic carbocycles. The molecule has 0 unspecified atom stereocenters. The Labute approximate surface area is 65.6 Å². The van der Waals surface area contributed by atoms with Crippen LogP contribution in [-0.2, 0) is 0 Å². The van der Waals surface area contributed by atoms with Gasteiger partial charge >= 0.3 is 5.17 Å². The molecule has 3 N–H and O–H groups in total. The third-order valence-electron chi connectivity index (χ3n) is 1.26. The highest BCUT2D eigenvalue weighted by Crippen LogP contribution is 2.26. The molecule has 1 aliphatic rings. The molecule has 0 aromatic heterocycles. The summed E-state index contributed by atoms with van der Waals surface area (Å²) >= 11 is 1.65. The van der Waals surface area contributed by atoms with Crippen LogP contribution in [0.25, 0.3) is 0 Å². The van der Waals surface area contributed by atoms with E-state index in [1.807, 2.05) is 6.92 Å². The number of hydrogen-bond acceptors (Lipinski definition) is 2. The fraction of sp³-hybridized carbons (Fsp3) is 0.571. The highest BCUT2D eigenvalue weighted by molar-refractivity contribution is 8.14. The molecule has 0 bridgehead atoms. The van der Waals surface area contributed by atoms with Crippen molar-refractivity contribution in [3.8, 4) is 0 Å². The average Bonchev–Trinajstić information content (AvgIpc) is 1.54. The number of amidine groups is 1. The van der Waals surface area contributed by atoms with E-state index in [4.69, 9.17) is 5.73 Å². The zero-order valence-electron chi connectivity index (χ0n) is 6.56. The lowest BCUT2D eigenvalue weighted by Crippen LogP contribution is -2.74. The van der Waals surface area contributed by atoms with Gasteiger partial charge in [0.1, 0.15) is 0 Å². The molecule has 0 saturated heterocycles. The van der Waals surface area contributed by atoms with E-state index in [-0.39, 0.29) is 4.75 Å². The van der Waals surface area contributed by atoms with Crippen LogP contribution in [0.15, 0.2) is 11.8 Å². The van der Waals surface area contributed by atoms with Crippen molar-refractivity contribution < 1.29 is 4.99 Å². The summed E-state index contributed by atoms with van der Waals surface area (Å²) in [5.41, 5.74) is 6.77. The van der Waals surface area contributed by atoms with Crippen LogP contribution in [0.2, 0.25) is 0 Å². The highest BCUT2D eigenvalue weighted by atomic mass is 32.2. The summed E-state index contributed by atoms with van der Waals surface area (Å²) in [4.78, 5) is 3.05. The van der Waals surface area contributed by atoms with Gasteiger partial charge in [-0.25, -0.2) is 4.99 Å². The fourth-order valence-corrected chi connectivity index (χ4v) is 2.10. The van der Waals surface area contributed by atoms with E-state index in [1.54, 1.807) is 11.8 Å². The van der Waals surface area contributed by atoms with Gasteiger partial charge in [-0.3, -0.25) is 5.73 Å². The minimum atomic E-state index is 0.152. The van der Waals surface area contributed by atoms with E-state index in [0.29, 0.717) is 0 Å². The largest absolute Gasteiger partial charge is 0.307 e. The fourth-order valence-electron chi connectivity index (χ4n) is 1.09. The van der Waals surface area contributed by atoms with Crippen molar-refractivity contribution in [1.82, 2.24) is 0 Å². The molecule has 2 nitrogen and oxygen atoms in total. The van der Waals surface area contributed by atoms with Crippen LogP contribution in [0.4, 0.5) is 0 Å². The summed E-state index contributed by atoms with van der Waals surface area (Å²) in [7, 11) is 0. The number of thioether (sulfide) groups is 1. The zero-order chi connectivity index (χ0) is 7.78. The highest BCUT2D eigenvalue weighted by Gasteiger charge is 2.24. The number of nitrogens with one attached hydrogen (secondary N) is 1. The van der Waals surface area contributed by atoms with Crippen molar-refractivity contribution >= 4 is 16.9 Å². The maximum Gasteiger partial charge on any atom is 0.307 e. The van der Waals surface area contributed by atoms with Crippen molar-refractivity contribution in [2.24, 2.45) is 5.73 Å². The van der Waals surface area contributed by atoms with E-state index >= 15 is 0 Å². The first-order chi connectivity index (χ1) is 4.49. The van der Waals surface area contributed by atoms with E-state index in [9.17, 15) is 0 Å². The molecule has 0 saturated carbocycles. The van der Waals surface area contributed by atoms with Crippen LogP contribution in [0, 0.1) is 0 Å². The second-order valence-corrected chi connectivity index (χ2v) is 4.72. The van der Waals surface area contributed by atoms with Gasteiger partial charge in [0, 0.05) is 4.75 Å². The number of nitrogens with two attached hydrogens (primary N) is 1. The Bertz CT molecular complexity index is 204. The first kappa shape index (κ1) is 7.66. The molecule has 10 heavy (non-hydrogen) atoms. The molecule has 1 heterocycles. The van der Waals surface area contributed by atoms with E-state index < -0.39 is 0 Å². The van der Waals surface area contributed by atoms with Crippen LogP contribution in [-0.4, -0.2) is 9.91 Å². The van der Waals surface area contributed by atoms with E-state index in [0.717, 1.165) is 10.9 Å². The van der Waals surface area contributed by atoms with Crippen molar-refractivity contribution in [2.45, 2.75) is 25.5 Å². The van der Waals surface area contributed by atoms with Crippen LogP contribution < -0.4 is 10.7 Å². The van der Waals surface area contributed by atoms with Crippen LogP contribution in [0.3, 0.4) is 0 Å². The number of rotatable bonds is 0. The summed E-state index contributed by atoms with van der Waals surface area (Å²) in [6.45, 7) is 6.32. The van der Waals surface area contributed by atoms with Gasteiger partial charge in [-0.05, 0) is 38.6 Å². The Hall–Kier alpha value is -0.440. The van der Waals surface area contributed by atoms with Crippen LogP contribution in [0.5, 0.6) is 0 Å². The van der Waals surface area contributed by atoms with Gasteiger partial charge in [0.25, 0.3) is 0 Å². The zero-order valence-corrected chi connectivity index (χ0v) is 7.38. The molecule has 0 spiro atoms. The molecule has 0 atom stereocenters. The molecule has 0 fully saturated rings. The molecule has 1 aliphatic heterocycles. The minimum absolute atomic E-state index is 0.152. The van der Waals surface area contributed by atoms with E-state index in [2.05, 4.69) is 24.9 Å². The normalized spacial score (nSPS) is 23.5. The Morgan fingerprint density at radius 3 is 2.60 bits per heavy atom.